The molecule has 0 radical (unpaired) electrons. The summed E-state index contributed by atoms with van der Waals surface area (Å²) in [5, 5.41) is 60.0. The first kappa shape index (κ1) is 20.0. The van der Waals surface area contributed by atoms with E-state index >= 15 is 0 Å². The Hall–Kier alpha value is -2.70. The average molecular weight is 390 g/mol. The van der Waals surface area contributed by atoms with Crippen LogP contribution in [0.25, 0.3) is 22.1 Å². The summed E-state index contributed by atoms with van der Waals surface area (Å²) in [7, 11) is 0. The van der Waals surface area contributed by atoms with Gasteiger partial charge in [-0.1, -0.05) is 18.2 Å². The van der Waals surface area contributed by atoms with Crippen LogP contribution in [0.1, 0.15) is 6.92 Å². The van der Waals surface area contributed by atoms with Crippen LogP contribution in [-0.4, -0.2) is 82.5 Å². The lowest BCUT2D eigenvalue weighted by molar-refractivity contribution is -0.0999. The summed E-state index contributed by atoms with van der Waals surface area (Å²) in [5.41, 5.74) is 4.77. The Morgan fingerprint density at radius 3 is 2.61 bits per heavy atom. The van der Waals surface area contributed by atoms with Crippen LogP contribution < -0.4 is 5.43 Å². The highest BCUT2D eigenvalue weighted by molar-refractivity contribution is 6.04. The summed E-state index contributed by atoms with van der Waals surface area (Å²) in [6.07, 6.45) is -5.74. The molecule has 3 rings (SSSR count). The van der Waals surface area contributed by atoms with Crippen molar-refractivity contribution in [3.05, 3.63) is 24.3 Å². The Kier molecular flexibility index (Phi) is 6.11. The van der Waals surface area contributed by atoms with Crippen molar-refractivity contribution in [2.24, 2.45) is 5.10 Å². The molecule has 2 heterocycles. The van der Waals surface area contributed by atoms with Gasteiger partial charge in [0.15, 0.2) is 5.65 Å². The van der Waals surface area contributed by atoms with Gasteiger partial charge in [-0.25, -0.2) is 5.43 Å². The van der Waals surface area contributed by atoms with Gasteiger partial charge in [-0.15, -0.1) is 10.2 Å². The molecule has 11 heteroatoms. The number of aryl methyl sites for hydroxylation is 1. The van der Waals surface area contributed by atoms with Crippen molar-refractivity contribution in [2.75, 3.05) is 12.0 Å². The second-order valence-electron chi connectivity index (χ2n) is 6.18. The van der Waals surface area contributed by atoms with Crippen molar-refractivity contribution >= 4 is 34.2 Å². The van der Waals surface area contributed by atoms with E-state index in [1.807, 2.05) is 35.8 Å². The summed E-state index contributed by atoms with van der Waals surface area (Å²) >= 11 is 0. The fourth-order valence-electron chi connectivity index (χ4n) is 2.87. The predicted octanol–water partition coefficient (Wildman–Crippen LogP) is -1.17. The molecule has 150 valence electrons. The topological polar surface area (TPSA) is 169 Å². The van der Waals surface area contributed by atoms with E-state index < -0.39 is 31.0 Å². The zero-order valence-electron chi connectivity index (χ0n) is 15.1. The van der Waals surface area contributed by atoms with E-state index in [4.69, 9.17) is 5.11 Å². The molecule has 0 unspecified atom stereocenters. The van der Waals surface area contributed by atoms with Gasteiger partial charge in [0.25, 0.3) is 5.95 Å². The number of benzene rings is 1. The first-order valence-corrected chi connectivity index (χ1v) is 8.71. The van der Waals surface area contributed by atoms with E-state index in [9.17, 15) is 20.4 Å². The number of nitrogens with one attached hydrogen (secondary N) is 1. The van der Waals surface area contributed by atoms with Gasteiger partial charge in [0.1, 0.15) is 29.9 Å². The van der Waals surface area contributed by atoms with Crippen molar-refractivity contribution < 1.29 is 25.5 Å². The summed E-state index contributed by atoms with van der Waals surface area (Å²) < 4.78 is 1.99. The van der Waals surface area contributed by atoms with E-state index in [-0.39, 0.29) is 5.95 Å². The number of aromatic nitrogens is 4. The maximum atomic E-state index is 9.81. The largest absolute Gasteiger partial charge is 0.394 e. The van der Waals surface area contributed by atoms with Gasteiger partial charge >= 0.3 is 0 Å². The summed E-state index contributed by atoms with van der Waals surface area (Å²) in [4.78, 5) is 4.40. The van der Waals surface area contributed by atoms with Crippen molar-refractivity contribution in [3.63, 3.8) is 0 Å². The van der Waals surface area contributed by atoms with Crippen molar-refractivity contribution in [3.8, 4) is 0 Å². The first-order valence-electron chi connectivity index (χ1n) is 8.71. The van der Waals surface area contributed by atoms with Gasteiger partial charge in [-0.05, 0) is 13.0 Å². The van der Waals surface area contributed by atoms with E-state index in [0.29, 0.717) is 17.7 Å². The van der Waals surface area contributed by atoms with Crippen LogP contribution in [0.4, 0.5) is 5.95 Å². The zero-order valence-corrected chi connectivity index (χ0v) is 15.1. The number of hydrogen-bond acceptors (Lipinski definition) is 10. The highest BCUT2D eigenvalue weighted by Crippen LogP contribution is 2.25. The molecule has 0 aliphatic carbocycles. The Morgan fingerprint density at radius 1 is 1.14 bits per heavy atom. The molecule has 2 aromatic heterocycles. The molecule has 0 aliphatic rings. The van der Waals surface area contributed by atoms with E-state index in [1.165, 1.54) is 0 Å². The van der Waals surface area contributed by atoms with Crippen LogP contribution in [-0.2, 0) is 6.54 Å². The minimum Gasteiger partial charge on any atom is -0.394 e. The zero-order chi connectivity index (χ0) is 20.3. The molecular formula is C17H22N6O5. The van der Waals surface area contributed by atoms with Crippen LogP contribution in [0, 0.1) is 0 Å². The monoisotopic (exact) mass is 390 g/mol. The van der Waals surface area contributed by atoms with Crippen molar-refractivity contribution in [1.82, 2.24) is 19.7 Å². The summed E-state index contributed by atoms with van der Waals surface area (Å²) in [6.45, 7) is 1.91. The molecule has 0 bridgehead atoms. The molecule has 4 atom stereocenters. The lowest BCUT2D eigenvalue weighted by atomic mass is 10.0. The molecule has 0 fully saturated rings. The van der Waals surface area contributed by atoms with Crippen LogP contribution in [0.2, 0.25) is 0 Å². The maximum absolute atomic E-state index is 9.81. The third-order valence-electron chi connectivity index (χ3n) is 4.36. The van der Waals surface area contributed by atoms with Gasteiger partial charge in [0.05, 0.1) is 18.3 Å². The number of anilines is 1. The third-order valence-corrected chi connectivity index (χ3v) is 4.36. The molecule has 28 heavy (non-hydrogen) atoms. The van der Waals surface area contributed by atoms with Crippen molar-refractivity contribution in [2.45, 2.75) is 37.9 Å². The molecule has 1 aromatic carbocycles. The number of para-hydroxylation sites is 1. The van der Waals surface area contributed by atoms with Gasteiger partial charge < -0.3 is 30.1 Å². The number of rotatable bonds is 8. The molecule has 0 aliphatic heterocycles. The lowest BCUT2D eigenvalue weighted by Gasteiger charge is -2.23. The standard InChI is InChI=1S/C17H22N6O5/c1-2-23-10-6-4-3-5-9(10)13-16(23)19-17(22-20-13)21-18-7-11(25)14(27)15(28)12(26)8-24/h3-7,11-12,14-15,24-28H,2,8H2,1H3,(H,19,21,22)/t11-,12+,14+,15+/m0/s1. The quantitative estimate of drug-likeness (QED) is 0.205. The predicted molar refractivity (Wildman–Crippen MR) is 102 cm³/mol. The molecular weight excluding hydrogens is 368 g/mol. The van der Waals surface area contributed by atoms with E-state index in [1.54, 1.807) is 0 Å². The Bertz CT molecular complexity index is 977. The fraction of sp³-hybridized carbons (Fsp3) is 0.412. The molecule has 0 spiro atoms. The molecule has 3 aromatic rings. The lowest BCUT2D eigenvalue weighted by Crippen LogP contribution is -2.46. The fourth-order valence-corrected chi connectivity index (χ4v) is 2.87. The minimum absolute atomic E-state index is 0.0823. The molecule has 6 N–H and O–H groups in total. The van der Waals surface area contributed by atoms with Gasteiger partial charge in [-0.2, -0.15) is 10.1 Å². The first-order chi connectivity index (χ1) is 13.5. The smallest absolute Gasteiger partial charge is 0.265 e. The van der Waals surface area contributed by atoms with Crippen LogP contribution in [0.5, 0.6) is 0 Å². The maximum Gasteiger partial charge on any atom is 0.265 e. The van der Waals surface area contributed by atoms with Gasteiger partial charge in [0, 0.05) is 11.9 Å². The number of aliphatic hydroxyl groups excluding tert-OH is 5. The van der Waals surface area contributed by atoms with Crippen LogP contribution >= 0.6 is 0 Å². The van der Waals surface area contributed by atoms with Crippen molar-refractivity contribution in [1.29, 1.82) is 0 Å². The van der Waals surface area contributed by atoms with E-state index in [2.05, 4.69) is 25.7 Å². The highest BCUT2D eigenvalue weighted by Gasteiger charge is 2.29. The van der Waals surface area contributed by atoms with Crippen LogP contribution in [0.3, 0.4) is 0 Å². The molecule has 0 saturated carbocycles. The Morgan fingerprint density at radius 2 is 1.89 bits per heavy atom. The van der Waals surface area contributed by atoms with E-state index in [0.717, 1.165) is 17.1 Å². The second-order valence-corrected chi connectivity index (χ2v) is 6.18. The van der Waals surface area contributed by atoms with Crippen LogP contribution in [0.15, 0.2) is 29.4 Å². The SMILES string of the molecule is CCn1c2ccccc2c2nnc(NN=C[C@H](O)[C@@H](O)[C@H](O)[C@H](O)CO)nc21. The molecule has 11 nitrogen and oxygen atoms in total. The number of fused-ring (bicyclic) bond motifs is 3. The normalized spacial score (nSPS) is 16.5. The van der Waals surface area contributed by atoms with Gasteiger partial charge in [-0.3, -0.25) is 0 Å². The highest BCUT2D eigenvalue weighted by atomic mass is 16.4. The summed E-state index contributed by atoms with van der Waals surface area (Å²) in [5.74, 6) is 0.0823. The second kappa shape index (κ2) is 8.54. The molecule has 0 amide bonds. The third kappa shape index (κ3) is 3.79. The minimum atomic E-state index is -1.74. The summed E-state index contributed by atoms with van der Waals surface area (Å²) in [6, 6.07) is 7.75. The number of hydrazone groups is 1. The van der Waals surface area contributed by atoms with Gasteiger partial charge in [0.2, 0.25) is 0 Å². The number of aliphatic hydroxyl groups is 5. The molecule has 0 saturated heterocycles. The number of nitrogens with zero attached hydrogens (tertiary/aromatic N) is 5. The Balaban J connectivity index is 1.78. The average Bonchev–Trinajstić information content (AvgIpc) is 3.04. The number of hydrogen-bond donors (Lipinski definition) is 6. The Labute approximate surface area is 159 Å².